The molecule has 112 valence electrons. The largest absolute Gasteiger partial charge is 0.321 e. The summed E-state index contributed by atoms with van der Waals surface area (Å²) in [5.41, 5.74) is 2.57. The molecule has 1 amide bonds. The molecule has 0 aliphatic carbocycles. The van der Waals surface area contributed by atoms with Gasteiger partial charge in [0.05, 0.1) is 16.8 Å². The van der Waals surface area contributed by atoms with Crippen LogP contribution in [0.15, 0.2) is 54.2 Å². The van der Waals surface area contributed by atoms with Crippen molar-refractivity contribution in [2.45, 2.75) is 6.92 Å². The number of rotatable bonds is 2. The summed E-state index contributed by atoms with van der Waals surface area (Å²) in [5.74, 6) is 5.89. The molecule has 0 radical (unpaired) electrons. The summed E-state index contributed by atoms with van der Waals surface area (Å²) in [5, 5.41) is 4.79. The first-order chi connectivity index (χ1) is 11.2. The fourth-order valence-electron chi connectivity index (χ4n) is 1.86. The SMILES string of the molecule is Cc1cnc(C(=O)Nc2cccc(C#Cc3cccs3)c2)cn1. The van der Waals surface area contributed by atoms with Gasteiger partial charge >= 0.3 is 0 Å². The van der Waals surface area contributed by atoms with Gasteiger partial charge < -0.3 is 5.32 Å². The van der Waals surface area contributed by atoms with E-state index in [1.807, 2.05) is 48.7 Å². The van der Waals surface area contributed by atoms with Crippen LogP contribution in [0.4, 0.5) is 5.69 Å². The highest BCUT2D eigenvalue weighted by Crippen LogP contribution is 2.12. The minimum absolute atomic E-state index is 0.283. The molecule has 0 saturated carbocycles. The van der Waals surface area contributed by atoms with Crippen molar-refractivity contribution in [1.82, 2.24) is 9.97 Å². The first-order valence-electron chi connectivity index (χ1n) is 6.96. The molecule has 0 atom stereocenters. The molecule has 0 aliphatic heterocycles. The van der Waals surface area contributed by atoms with Crippen molar-refractivity contribution in [3.63, 3.8) is 0 Å². The molecule has 5 heteroatoms. The van der Waals surface area contributed by atoms with Crippen molar-refractivity contribution < 1.29 is 4.79 Å². The molecule has 2 aromatic heterocycles. The molecule has 3 aromatic rings. The summed E-state index contributed by atoms with van der Waals surface area (Å²) in [6.07, 6.45) is 3.03. The third-order valence-electron chi connectivity index (χ3n) is 2.99. The topological polar surface area (TPSA) is 54.9 Å². The fourth-order valence-corrected chi connectivity index (χ4v) is 2.43. The van der Waals surface area contributed by atoms with Crippen LogP contribution in [0.3, 0.4) is 0 Å². The first-order valence-corrected chi connectivity index (χ1v) is 7.84. The second-order valence-corrected chi connectivity index (χ2v) is 5.75. The number of amides is 1. The van der Waals surface area contributed by atoms with Gasteiger partial charge in [-0.05, 0) is 36.6 Å². The molecule has 1 N–H and O–H groups in total. The quantitative estimate of drug-likeness (QED) is 0.736. The number of anilines is 1. The van der Waals surface area contributed by atoms with Crippen LogP contribution >= 0.6 is 11.3 Å². The van der Waals surface area contributed by atoms with E-state index in [1.54, 1.807) is 17.5 Å². The van der Waals surface area contributed by atoms with Crippen molar-refractivity contribution in [2.75, 3.05) is 5.32 Å². The third-order valence-corrected chi connectivity index (χ3v) is 3.77. The number of benzene rings is 1. The molecule has 23 heavy (non-hydrogen) atoms. The first kappa shape index (κ1) is 14.9. The van der Waals surface area contributed by atoms with Gasteiger partial charge in [0.25, 0.3) is 5.91 Å². The van der Waals surface area contributed by atoms with Crippen LogP contribution in [-0.2, 0) is 0 Å². The molecule has 0 unspecified atom stereocenters. The molecule has 0 aliphatic rings. The average molecular weight is 319 g/mol. The Bertz CT molecular complexity index is 875. The van der Waals surface area contributed by atoms with E-state index in [2.05, 4.69) is 27.1 Å². The third kappa shape index (κ3) is 4.02. The van der Waals surface area contributed by atoms with Crippen LogP contribution in [-0.4, -0.2) is 15.9 Å². The summed E-state index contributed by atoms with van der Waals surface area (Å²) >= 11 is 1.60. The van der Waals surface area contributed by atoms with Gasteiger partial charge in [0.1, 0.15) is 5.69 Å². The number of aryl methyl sites for hydroxylation is 1. The summed E-state index contributed by atoms with van der Waals surface area (Å²) in [6.45, 7) is 1.82. The Kier molecular flexibility index (Phi) is 4.46. The zero-order valence-corrected chi connectivity index (χ0v) is 13.2. The number of carbonyl (C=O) groups is 1. The smallest absolute Gasteiger partial charge is 0.275 e. The predicted octanol–water partition coefficient (Wildman–Crippen LogP) is 3.50. The molecule has 4 nitrogen and oxygen atoms in total. The van der Waals surface area contributed by atoms with Gasteiger partial charge in [-0.3, -0.25) is 9.78 Å². The summed E-state index contributed by atoms with van der Waals surface area (Å²) in [7, 11) is 0. The Morgan fingerprint density at radius 2 is 2.04 bits per heavy atom. The van der Waals surface area contributed by atoms with E-state index in [9.17, 15) is 4.79 Å². The van der Waals surface area contributed by atoms with E-state index in [-0.39, 0.29) is 11.6 Å². The molecule has 0 fully saturated rings. The van der Waals surface area contributed by atoms with Gasteiger partial charge in [-0.1, -0.05) is 24.0 Å². The average Bonchev–Trinajstić information content (AvgIpc) is 3.07. The fraction of sp³-hybridized carbons (Fsp3) is 0.0556. The molecule has 0 bridgehead atoms. The van der Waals surface area contributed by atoms with Crippen molar-refractivity contribution in [2.24, 2.45) is 0 Å². The van der Waals surface area contributed by atoms with Gasteiger partial charge in [0.2, 0.25) is 0 Å². The molecular weight excluding hydrogens is 306 g/mol. The van der Waals surface area contributed by atoms with E-state index in [1.165, 1.54) is 6.20 Å². The highest BCUT2D eigenvalue weighted by atomic mass is 32.1. The predicted molar refractivity (Wildman–Crippen MR) is 91.5 cm³/mol. The van der Waals surface area contributed by atoms with E-state index in [0.717, 1.165) is 16.1 Å². The lowest BCUT2D eigenvalue weighted by Crippen LogP contribution is -2.14. The summed E-state index contributed by atoms with van der Waals surface area (Å²) < 4.78 is 0. The zero-order chi connectivity index (χ0) is 16.1. The molecule has 0 spiro atoms. The normalized spacial score (nSPS) is 9.78. The Hall–Kier alpha value is -2.97. The van der Waals surface area contributed by atoms with Crippen molar-refractivity contribution in [3.05, 3.63) is 76.0 Å². The number of aromatic nitrogens is 2. The van der Waals surface area contributed by atoms with Gasteiger partial charge in [-0.15, -0.1) is 11.3 Å². The van der Waals surface area contributed by atoms with Crippen LogP contribution in [0.5, 0.6) is 0 Å². The van der Waals surface area contributed by atoms with Crippen molar-refractivity contribution in [3.8, 4) is 11.8 Å². The monoisotopic (exact) mass is 319 g/mol. The maximum atomic E-state index is 12.1. The number of nitrogens with one attached hydrogen (secondary N) is 1. The van der Waals surface area contributed by atoms with Gasteiger partial charge in [0.15, 0.2) is 0 Å². The second-order valence-electron chi connectivity index (χ2n) is 4.81. The maximum Gasteiger partial charge on any atom is 0.275 e. The number of nitrogens with zero attached hydrogens (tertiary/aromatic N) is 2. The second kappa shape index (κ2) is 6.86. The molecule has 2 heterocycles. The van der Waals surface area contributed by atoms with Gasteiger partial charge in [0, 0.05) is 17.4 Å². The van der Waals surface area contributed by atoms with Crippen LogP contribution in [0.25, 0.3) is 0 Å². The van der Waals surface area contributed by atoms with Crippen LogP contribution in [0, 0.1) is 18.8 Å². The number of thiophene rings is 1. The molecular formula is C18H13N3OS. The molecule has 0 saturated heterocycles. The Labute approximate surface area is 138 Å². The minimum Gasteiger partial charge on any atom is -0.321 e. The maximum absolute atomic E-state index is 12.1. The summed E-state index contributed by atoms with van der Waals surface area (Å²) in [6, 6.07) is 11.3. The lowest BCUT2D eigenvalue weighted by molar-refractivity contribution is 0.102. The summed E-state index contributed by atoms with van der Waals surface area (Å²) in [4.78, 5) is 21.3. The Morgan fingerprint density at radius 1 is 1.13 bits per heavy atom. The van der Waals surface area contributed by atoms with E-state index < -0.39 is 0 Å². The number of hydrogen-bond donors (Lipinski definition) is 1. The Morgan fingerprint density at radius 3 is 2.78 bits per heavy atom. The lowest BCUT2D eigenvalue weighted by Gasteiger charge is -2.05. The zero-order valence-electron chi connectivity index (χ0n) is 12.4. The number of hydrogen-bond acceptors (Lipinski definition) is 4. The minimum atomic E-state index is -0.291. The van der Waals surface area contributed by atoms with Crippen LogP contribution < -0.4 is 5.32 Å². The highest BCUT2D eigenvalue weighted by Gasteiger charge is 2.07. The van der Waals surface area contributed by atoms with Crippen LogP contribution in [0.1, 0.15) is 26.6 Å². The molecule has 3 rings (SSSR count). The standard InChI is InChI=1S/C18H13N3OS/c1-13-11-20-17(12-19-13)18(22)21-15-5-2-4-14(10-15)7-8-16-6-3-9-23-16/h2-6,9-12H,1H3,(H,21,22). The highest BCUT2D eigenvalue weighted by molar-refractivity contribution is 7.10. The number of carbonyl (C=O) groups excluding carboxylic acids is 1. The Balaban J connectivity index is 1.75. The van der Waals surface area contributed by atoms with Crippen LogP contribution in [0.2, 0.25) is 0 Å². The molecule has 1 aromatic carbocycles. The van der Waals surface area contributed by atoms with E-state index >= 15 is 0 Å². The van der Waals surface area contributed by atoms with E-state index in [4.69, 9.17) is 0 Å². The van der Waals surface area contributed by atoms with Gasteiger partial charge in [-0.2, -0.15) is 0 Å². The van der Waals surface area contributed by atoms with E-state index in [0.29, 0.717) is 5.69 Å². The lowest BCUT2D eigenvalue weighted by atomic mass is 10.2. The van der Waals surface area contributed by atoms with Crippen molar-refractivity contribution in [1.29, 1.82) is 0 Å². The van der Waals surface area contributed by atoms with Gasteiger partial charge in [-0.25, -0.2) is 4.98 Å². The van der Waals surface area contributed by atoms with Crippen molar-refractivity contribution >= 4 is 22.9 Å².